The molecular weight excluding hydrogens is 245 g/mol. The van der Waals surface area contributed by atoms with Crippen molar-refractivity contribution >= 4 is 11.6 Å². The van der Waals surface area contributed by atoms with Gasteiger partial charge < -0.3 is 16.0 Å². The summed E-state index contributed by atoms with van der Waals surface area (Å²) in [5.41, 5.74) is 7.10. The summed E-state index contributed by atoms with van der Waals surface area (Å²) in [5, 5.41) is 2.88. The summed E-state index contributed by atoms with van der Waals surface area (Å²) in [6, 6.07) is 5.05. The lowest BCUT2D eigenvalue weighted by molar-refractivity contribution is -0.123. The molecule has 19 heavy (non-hydrogen) atoms. The molecule has 2 saturated heterocycles. The van der Waals surface area contributed by atoms with Crippen LogP contribution in [-0.4, -0.2) is 25.0 Å². The number of carbonyl (C=O) groups excluding carboxylic acids is 1. The van der Waals surface area contributed by atoms with Crippen LogP contribution in [0.3, 0.4) is 0 Å². The van der Waals surface area contributed by atoms with Crippen LogP contribution >= 0.6 is 0 Å². The van der Waals surface area contributed by atoms with E-state index in [9.17, 15) is 9.18 Å². The van der Waals surface area contributed by atoms with Crippen LogP contribution in [0.2, 0.25) is 0 Å². The zero-order valence-electron chi connectivity index (χ0n) is 10.7. The smallest absolute Gasteiger partial charge is 0.225 e. The number of rotatable bonds is 2. The van der Waals surface area contributed by atoms with E-state index >= 15 is 0 Å². The Morgan fingerprint density at radius 1 is 1.47 bits per heavy atom. The maximum absolute atomic E-state index is 14.2. The number of carbonyl (C=O) groups is 1. The number of hydrogen-bond donors (Lipinski definition) is 2. The molecule has 0 spiro atoms. The first kappa shape index (κ1) is 12.4. The lowest BCUT2D eigenvalue weighted by atomic mass is 9.90. The van der Waals surface area contributed by atoms with E-state index in [0.29, 0.717) is 18.8 Å². The Morgan fingerprint density at radius 3 is 3.11 bits per heavy atom. The quantitative estimate of drug-likeness (QED) is 0.837. The van der Waals surface area contributed by atoms with Crippen LogP contribution in [0.1, 0.15) is 18.4 Å². The Morgan fingerprint density at radius 2 is 2.32 bits per heavy atom. The first-order valence-corrected chi connectivity index (χ1v) is 6.74. The Hall–Kier alpha value is -1.62. The zero-order valence-corrected chi connectivity index (χ0v) is 10.7. The number of fused-ring (bicyclic) bond motifs is 1. The second-order valence-corrected chi connectivity index (χ2v) is 5.21. The van der Waals surface area contributed by atoms with Crippen molar-refractivity contribution in [2.24, 2.45) is 11.7 Å². The molecule has 102 valence electrons. The zero-order chi connectivity index (χ0) is 13.4. The summed E-state index contributed by atoms with van der Waals surface area (Å²) in [6.45, 7) is 1.69. The summed E-state index contributed by atoms with van der Waals surface area (Å²) < 4.78 is 14.2. The van der Waals surface area contributed by atoms with Crippen molar-refractivity contribution in [1.82, 2.24) is 5.32 Å². The first-order valence-electron chi connectivity index (χ1n) is 6.74. The molecule has 0 aliphatic carbocycles. The molecule has 0 saturated carbocycles. The highest BCUT2D eigenvalue weighted by molar-refractivity contribution is 5.83. The van der Waals surface area contributed by atoms with Gasteiger partial charge in [0.15, 0.2) is 0 Å². The maximum atomic E-state index is 14.2. The van der Waals surface area contributed by atoms with Crippen LogP contribution < -0.4 is 16.0 Å². The molecule has 2 fully saturated rings. The maximum Gasteiger partial charge on any atom is 0.225 e. The molecule has 5 heteroatoms. The van der Waals surface area contributed by atoms with E-state index in [0.717, 1.165) is 24.9 Å². The third-order valence-corrected chi connectivity index (χ3v) is 4.18. The van der Waals surface area contributed by atoms with Gasteiger partial charge in [0.05, 0.1) is 17.6 Å². The van der Waals surface area contributed by atoms with Crippen molar-refractivity contribution in [2.45, 2.75) is 25.4 Å². The molecule has 2 unspecified atom stereocenters. The first-order chi connectivity index (χ1) is 9.22. The van der Waals surface area contributed by atoms with Gasteiger partial charge in [-0.1, -0.05) is 12.1 Å². The number of amides is 1. The predicted octanol–water partition coefficient (Wildman–Crippen LogP) is 0.999. The van der Waals surface area contributed by atoms with E-state index < -0.39 is 0 Å². The molecule has 1 aromatic rings. The summed E-state index contributed by atoms with van der Waals surface area (Å²) in [5.74, 6) is -0.165. The number of hydrogen-bond acceptors (Lipinski definition) is 3. The average molecular weight is 263 g/mol. The second kappa shape index (κ2) is 4.81. The minimum Gasteiger partial charge on any atom is -0.363 e. The summed E-state index contributed by atoms with van der Waals surface area (Å²) in [4.78, 5) is 13.8. The van der Waals surface area contributed by atoms with Gasteiger partial charge in [-0.15, -0.1) is 0 Å². The fourth-order valence-electron chi connectivity index (χ4n) is 3.28. The minimum absolute atomic E-state index is 0.0148. The Labute approximate surface area is 111 Å². The summed E-state index contributed by atoms with van der Waals surface area (Å²) in [7, 11) is 0. The largest absolute Gasteiger partial charge is 0.363 e. The van der Waals surface area contributed by atoms with Gasteiger partial charge in [-0.25, -0.2) is 4.39 Å². The number of anilines is 1. The standard InChI is InChI=1S/C14H18FN3O/c15-11-5-1-3-9(7-16)13(11)18-6-2-4-10-12(18)8-17-14(10)19/h1,3,5,10,12H,2,4,6-8,16H2,(H,17,19). The number of piperidine rings is 1. The molecule has 2 aliphatic rings. The van der Waals surface area contributed by atoms with Gasteiger partial charge in [0, 0.05) is 19.6 Å². The van der Waals surface area contributed by atoms with Gasteiger partial charge >= 0.3 is 0 Å². The highest BCUT2D eigenvalue weighted by Crippen LogP contribution is 2.34. The van der Waals surface area contributed by atoms with Crippen LogP contribution in [0.15, 0.2) is 18.2 Å². The van der Waals surface area contributed by atoms with Gasteiger partial charge in [-0.2, -0.15) is 0 Å². The van der Waals surface area contributed by atoms with Gasteiger partial charge in [0.2, 0.25) is 5.91 Å². The molecule has 1 aromatic carbocycles. The third-order valence-electron chi connectivity index (χ3n) is 4.18. The third kappa shape index (κ3) is 1.98. The highest BCUT2D eigenvalue weighted by Gasteiger charge is 2.41. The lowest BCUT2D eigenvalue weighted by Gasteiger charge is -2.38. The van der Waals surface area contributed by atoms with Crippen molar-refractivity contribution < 1.29 is 9.18 Å². The molecule has 0 aromatic heterocycles. The number of para-hydroxylation sites is 1. The van der Waals surface area contributed by atoms with E-state index in [-0.39, 0.29) is 23.7 Å². The van der Waals surface area contributed by atoms with Crippen molar-refractivity contribution in [3.63, 3.8) is 0 Å². The number of nitrogens with one attached hydrogen (secondary N) is 1. The monoisotopic (exact) mass is 263 g/mol. The van der Waals surface area contributed by atoms with E-state index in [2.05, 4.69) is 5.32 Å². The van der Waals surface area contributed by atoms with Gasteiger partial charge in [0.25, 0.3) is 0 Å². The SMILES string of the molecule is NCc1cccc(F)c1N1CCCC2C(=O)NCC21. The number of benzene rings is 1. The molecule has 0 radical (unpaired) electrons. The van der Waals surface area contributed by atoms with Gasteiger partial charge in [-0.3, -0.25) is 4.79 Å². The van der Waals surface area contributed by atoms with Crippen molar-refractivity contribution in [2.75, 3.05) is 18.0 Å². The minimum atomic E-state index is -0.247. The fraction of sp³-hybridized carbons (Fsp3) is 0.500. The molecule has 1 amide bonds. The Bertz CT molecular complexity index is 505. The Kier molecular flexibility index (Phi) is 3.14. The number of halogens is 1. The number of nitrogens with zero attached hydrogens (tertiary/aromatic N) is 1. The van der Waals surface area contributed by atoms with Gasteiger partial charge in [-0.05, 0) is 24.5 Å². The number of nitrogens with two attached hydrogens (primary N) is 1. The van der Waals surface area contributed by atoms with Crippen molar-refractivity contribution in [3.8, 4) is 0 Å². The van der Waals surface area contributed by atoms with Gasteiger partial charge in [0.1, 0.15) is 5.82 Å². The van der Waals surface area contributed by atoms with Crippen LogP contribution in [0.5, 0.6) is 0 Å². The second-order valence-electron chi connectivity index (χ2n) is 5.21. The summed E-state index contributed by atoms with van der Waals surface area (Å²) in [6.07, 6.45) is 1.80. The highest BCUT2D eigenvalue weighted by atomic mass is 19.1. The predicted molar refractivity (Wildman–Crippen MR) is 71.2 cm³/mol. The van der Waals surface area contributed by atoms with E-state index in [4.69, 9.17) is 5.73 Å². The molecule has 4 nitrogen and oxygen atoms in total. The summed E-state index contributed by atoms with van der Waals surface area (Å²) >= 11 is 0. The molecule has 2 heterocycles. The molecule has 2 aliphatic heterocycles. The Balaban J connectivity index is 1.99. The normalized spacial score (nSPS) is 26.2. The average Bonchev–Trinajstić information content (AvgIpc) is 2.80. The van der Waals surface area contributed by atoms with Crippen molar-refractivity contribution in [1.29, 1.82) is 0 Å². The molecule has 3 N–H and O–H groups in total. The van der Waals surface area contributed by atoms with E-state index in [1.165, 1.54) is 6.07 Å². The molecule has 0 bridgehead atoms. The fourth-order valence-corrected chi connectivity index (χ4v) is 3.28. The van der Waals surface area contributed by atoms with Crippen molar-refractivity contribution in [3.05, 3.63) is 29.6 Å². The van der Waals surface area contributed by atoms with Crippen LogP contribution in [0.25, 0.3) is 0 Å². The van der Waals surface area contributed by atoms with E-state index in [1.54, 1.807) is 6.07 Å². The van der Waals surface area contributed by atoms with E-state index in [1.807, 2.05) is 11.0 Å². The molecular formula is C14H18FN3O. The van der Waals surface area contributed by atoms with Crippen LogP contribution in [0.4, 0.5) is 10.1 Å². The molecule has 2 atom stereocenters. The molecule has 3 rings (SSSR count). The topological polar surface area (TPSA) is 58.4 Å². The van der Waals surface area contributed by atoms with Crippen LogP contribution in [-0.2, 0) is 11.3 Å². The van der Waals surface area contributed by atoms with Crippen LogP contribution in [0, 0.1) is 11.7 Å². The lowest BCUT2D eigenvalue weighted by Crippen LogP contribution is -2.46.